The number of pyridine rings is 1. The van der Waals surface area contributed by atoms with Gasteiger partial charge in [0.1, 0.15) is 17.5 Å². The van der Waals surface area contributed by atoms with Gasteiger partial charge < -0.3 is 25.1 Å². The van der Waals surface area contributed by atoms with Gasteiger partial charge in [-0.25, -0.2) is 14.8 Å². The molecule has 2 amide bonds. The zero-order chi connectivity index (χ0) is 33.1. The van der Waals surface area contributed by atoms with E-state index in [1.165, 1.54) is 4.90 Å². The van der Waals surface area contributed by atoms with E-state index in [9.17, 15) is 18.6 Å². The number of amides is 2. The molecule has 46 heavy (non-hydrogen) atoms. The van der Waals surface area contributed by atoms with E-state index in [1.807, 2.05) is 29.8 Å². The third kappa shape index (κ3) is 9.20. The highest BCUT2D eigenvalue weighted by atomic mass is 32.2. The number of imidazole rings is 1. The summed E-state index contributed by atoms with van der Waals surface area (Å²) in [7, 11) is 0.950. The van der Waals surface area contributed by atoms with E-state index in [0.29, 0.717) is 41.2 Å². The molecule has 0 aliphatic heterocycles. The molecule has 0 radical (unpaired) electrons. The molecule has 0 saturated heterocycles. The number of hydrogen-bond donors (Lipinski definition) is 2. The first-order valence-electron chi connectivity index (χ1n) is 14.7. The normalized spacial score (nSPS) is 12.0. The number of amidine groups is 1. The van der Waals surface area contributed by atoms with Crippen LogP contribution in [-0.4, -0.2) is 74.3 Å². The highest BCUT2D eigenvalue weighted by Gasteiger charge is 2.21. The Morgan fingerprint density at radius 3 is 2.52 bits per heavy atom. The van der Waals surface area contributed by atoms with Crippen LogP contribution in [0.25, 0.3) is 11.0 Å². The number of nitrogens with one attached hydrogen (secondary N) is 1. The fourth-order valence-electron chi connectivity index (χ4n) is 4.52. The standard InChI is InChI=1S/C32H37N7O6S/c1-4-44-29(40)15-17-39(27-8-5-6-16-34-27)31(41)23-11-14-26-25(20-23)36-28(38(26)2)21-35-24-12-9-22(10-13-24)30(33)37-32(42)45-18-7-19-46(3)43/h5-6,8-14,16,20,35H,4,7,15,17-19,21H2,1-3H3,(H2,33,37,42). The number of anilines is 2. The summed E-state index contributed by atoms with van der Waals surface area (Å²) in [4.78, 5) is 51.8. The zero-order valence-electron chi connectivity index (χ0n) is 26.0. The molecule has 13 nitrogen and oxygen atoms in total. The molecule has 0 aliphatic carbocycles. The van der Waals surface area contributed by atoms with Gasteiger partial charge in [0.2, 0.25) is 0 Å². The van der Waals surface area contributed by atoms with Gasteiger partial charge in [-0.3, -0.25) is 18.7 Å². The number of rotatable bonds is 14. The van der Waals surface area contributed by atoms with Crippen molar-refractivity contribution in [2.45, 2.75) is 26.3 Å². The first-order chi connectivity index (χ1) is 22.2. The SMILES string of the molecule is CCOC(=O)CCN(C(=O)c1ccc2c(c1)nc(CNc1ccc(/C(N)=N/C(=O)OCCCS(C)=O)cc1)n2C)c1ccccn1. The van der Waals surface area contributed by atoms with Crippen LogP contribution in [0.1, 0.15) is 41.5 Å². The number of aliphatic imine (C=N–C) groups is 1. The van der Waals surface area contributed by atoms with E-state index in [0.717, 1.165) is 17.0 Å². The molecule has 4 rings (SSSR count). The number of fused-ring (bicyclic) bond motifs is 1. The van der Waals surface area contributed by atoms with E-state index >= 15 is 0 Å². The van der Waals surface area contributed by atoms with Gasteiger partial charge in [-0.05, 0) is 67.9 Å². The number of carbonyl (C=O) groups is 3. The lowest BCUT2D eigenvalue weighted by Gasteiger charge is -2.21. The van der Waals surface area contributed by atoms with Crippen molar-refractivity contribution in [3.8, 4) is 0 Å². The molecule has 0 saturated carbocycles. The first-order valence-corrected chi connectivity index (χ1v) is 16.4. The number of hydrogen-bond acceptors (Lipinski definition) is 9. The molecule has 3 N–H and O–H groups in total. The minimum absolute atomic E-state index is 0.0267. The van der Waals surface area contributed by atoms with Gasteiger partial charge in [-0.1, -0.05) is 6.07 Å². The Morgan fingerprint density at radius 2 is 1.83 bits per heavy atom. The monoisotopic (exact) mass is 647 g/mol. The van der Waals surface area contributed by atoms with Crippen LogP contribution in [0.3, 0.4) is 0 Å². The molecular weight excluding hydrogens is 610 g/mol. The molecule has 0 spiro atoms. The summed E-state index contributed by atoms with van der Waals surface area (Å²) in [6.07, 6.45) is 2.91. The van der Waals surface area contributed by atoms with Crippen molar-refractivity contribution >= 4 is 57.1 Å². The Balaban J connectivity index is 1.41. The van der Waals surface area contributed by atoms with Crippen LogP contribution in [0.15, 0.2) is 71.9 Å². The molecule has 2 aromatic heterocycles. The molecule has 0 fully saturated rings. The van der Waals surface area contributed by atoms with E-state index in [1.54, 1.807) is 61.8 Å². The second-order valence-electron chi connectivity index (χ2n) is 10.2. The second-order valence-corrected chi connectivity index (χ2v) is 11.7. The molecule has 4 aromatic rings. The Bertz CT molecular complexity index is 1720. The van der Waals surface area contributed by atoms with Crippen LogP contribution in [0.2, 0.25) is 0 Å². The summed E-state index contributed by atoms with van der Waals surface area (Å²) in [6, 6.07) is 17.6. The minimum Gasteiger partial charge on any atom is -0.466 e. The summed E-state index contributed by atoms with van der Waals surface area (Å²) in [5.74, 6) is 0.951. The predicted molar refractivity (Wildman–Crippen MR) is 177 cm³/mol. The van der Waals surface area contributed by atoms with Gasteiger partial charge in [0.05, 0.1) is 37.2 Å². The Kier molecular flexibility index (Phi) is 11.9. The number of ether oxygens (including phenoxy) is 2. The van der Waals surface area contributed by atoms with E-state index in [-0.39, 0.29) is 43.9 Å². The summed E-state index contributed by atoms with van der Waals surface area (Å²) >= 11 is 0. The van der Waals surface area contributed by atoms with Crippen LogP contribution in [0.4, 0.5) is 16.3 Å². The molecular formula is C32H37N7O6S. The topological polar surface area (TPSA) is 171 Å². The number of nitrogens with two attached hydrogens (primary N) is 1. The average Bonchev–Trinajstić information content (AvgIpc) is 3.37. The number of esters is 1. The number of nitrogens with zero attached hydrogens (tertiary/aromatic N) is 5. The molecule has 242 valence electrons. The molecule has 1 unspecified atom stereocenters. The Morgan fingerprint density at radius 1 is 1.07 bits per heavy atom. The molecule has 1 atom stereocenters. The van der Waals surface area contributed by atoms with Crippen LogP contribution in [-0.2, 0) is 38.7 Å². The van der Waals surface area contributed by atoms with Crippen LogP contribution in [0.5, 0.6) is 0 Å². The molecule has 14 heteroatoms. The lowest BCUT2D eigenvalue weighted by atomic mass is 10.1. The highest BCUT2D eigenvalue weighted by molar-refractivity contribution is 7.84. The molecule has 0 aliphatic rings. The van der Waals surface area contributed by atoms with E-state index in [2.05, 4.69) is 15.3 Å². The van der Waals surface area contributed by atoms with Gasteiger partial charge in [0.25, 0.3) is 5.91 Å². The number of benzene rings is 2. The quantitative estimate of drug-likeness (QED) is 0.0888. The predicted octanol–water partition coefficient (Wildman–Crippen LogP) is 3.79. The largest absolute Gasteiger partial charge is 0.466 e. The third-order valence-corrected chi connectivity index (χ3v) is 7.74. The summed E-state index contributed by atoms with van der Waals surface area (Å²) in [6.45, 7) is 2.64. The smallest absolute Gasteiger partial charge is 0.435 e. The fourth-order valence-corrected chi connectivity index (χ4v) is 5.05. The number of aryl methyl sites for hydroxylation is 1. The first kappa shape index (κ1) is 33.8. The van der Waals surface area contributed by atoms with Crippen molar-refractivity contribution < 1.29 is 28.1 Å². The Hall–Kier alpha value is -5.11. The maximum atomic E-state index is 13.6. The van der Waals surface area contributed by atoms with Crippen molar-refractivity contribution in [2.75, 3.05) is 42.0 Å². The lowest BCUT2D eigenvalue weighted by Crippen LogP contribution is -2.34. The molecule has 0 bridgehead atoms. The second kappa shape index (κ2) is 16.3. The maximum Gasteiger partial charge on any atom is 0.435 e. The molecule has 2 aromatic carbocycles. The average molecular weight is 648 g/mol. The summed E-state index contributed by atoms with van der Waals surface area (Å²) in [5, 5.41) is 3.32. The number of aromatic nitrogens is 3. The van der Waals surface area contributed by atoms with Crippen LogP contribution in [0, 0.1) is 0 Å². The van der Waals surface area contributed by atoms with E-state index < -0.39 is 16.9 Å². The van der Waals surface area contributed by atoms with Crippen molar-refractivity contribution in [3.05, 3.63) is 83.8 Å². The zero-order valence-corrected chi connectivity index (χ0v) is 26.8. The fraction of sp³-hybridized carbons (Fsp3) is 0.312. The van der Waals surface area contributed by atoms with Gasteiger partial charge >= 0.3 is 12.1 Å². The van der Waals surface area contributed by atoms with E-state index in [4.69, 9.17) is 20.2 Å². The minimum atomic E-state index is -0.947. The number of carbonyl (C=O) groups excluding carboxylic acids is 3. The van der Waals surface area contributed by atoms with Crippen molar-refractivity contribution in [3.63, 3.8) is 0 Å². The van der Waals surface area contributed by atoms with Crippen molar-refractivity contribution in [1.29, 1.82) is 0 Å². The van der Waals surface area contributed by atoms with Crippen molar-refractivity contribution in [1.82, 2.24) is 14.5 Å². The van der Waals surface area contributed by atoms with Crippen molar-refractivity contribution in [2.24, 2.45) is 17.8 Å². The van der Waals surface area contributed by atoms with Gasteiger partial charge in [0.15, 0.2) is 0 Å². The van der Waals surface area contributed by atoms with Gasteiger partial charge in [-0.15, -0.1) is 0 Å². The maximum absolute atomic E-state index is 13.6. The van der Waals surface area contributed by atoms with Gasteiger partial charge in [-0.2, -0.15) is 4.99 Å². The highest BCUT2D eigenvalue weighted by Crippen LogP contribution is 2.21. The van der Waals surface area contributed by atoms with Gasteiger partial charge in [0, 0.05) is 59.4 Å². The van der Waals surface area contributed by atoms with Crippen LogP contribution >= 0.6 is 0 Å². The molecule has 2 heterocycles. The van der Waals surface area contributed by atoms with Crippen LogP contribution < -0.4 is 16.0 Å². The summed E-state index contributed by atoms with van der Waals surface area (Å²) < 4.78 is 23.1. The Labute approximate surface area is 269 Å². The summed E-state index contributed by atoms with van der Waals surface area (Å²) in [5.41, 5.74) is 9.22. The third-order valence-electron chi connectivity index (χ3n) is 6.88. The lowest BCUT2D eigenvalue weighted by molar-refractivity contribution is -0.142.